The molecule has 0 aliphatic heterocycles. The summed E-state index contributed by atoms with van der Waals surface area (Å²) in [5.41, 5.74) is 0. The van der Waals surface area contributed by atoms with E-state index in [4.69, 9.17) is 37.0 Å². The van der Waals surface area contributed by atoms with Crippen molar-refractivity contribution in [2.45, 2.75) is 438 Å². The molecule has 17 nitrogen and oxygen atoms in total. The van der Waals surface area contributed by atoms with Gasteiger partial charge in [0.05, 0.1) is 26.4 Å². The van der Waals surface area contributed by atoms with Crippen LogP contribution in [0.4, 0.5) is 0 Å². The summed E-state index contributed by atoms with van der Waals surface area (Å²) in [5.74, 6) is -1.32. The maximum absolute atomic E-state index is 13.1. The number of hydrogen-bond donors (Lipinski definition) is 3. The van der Waals surface area contributed by atoms with Crippen molar-refractivity contribution in [1.82, 2.24) is 0 Å². The second-order valence-electron chi connectivity index (χ2n) is 28.9. The van der Waals surface area contributed by atoms with Crippen LogP contribution in [-0.4, -0.2) is 96.7 Å². The molecule has 0 aromatic carbocycles. The molecular formula is C79H154O17P2. The summed E-state index contributed by atoms with van der Waals surface area (Å²) in [7, 11) is -9.91. The molecule has 98 heavy (non-hydrogen) atoms. The third kappa shape index (κ3) is 72.4. The molecule has 0 spiro atoms. The molecule has 3 N–H and O–H groups in total. The molecule has 0 fully saturated rings. The van der Waals surface area contributed by atoms with Gasteiger partial charge in [-0.2, -0.15) is 0 Å². The molecule has 2 unspecified atom stereocenters. The van der Waals surface area contributed by atoms with E-state index in [1.807, 2.05) is 0 Å². The van der Waals surface area contributed by atoms with Gasteiger partial charge < -0.3 is 33.8 Å². The van der Waals surface area contributed by atoms with E-state index in [-0.39, 0.29) is 25.7 Å². The van der Waals surface area contributed by atoms with Crippen LogP contribution < -0.4 is 0 Å². The monoisotopic (exact) mass is 1440 g/mol. The molecule has 0 aromatic heterocycles. The highest BCUT2D eigenvalue weighted by Crippen LogP contribution is 2.45. The Labute approximate surface area is 600 Å². The zero-order valence-corrected chi connectivity index (χ0v) is 65.7. The number of unbranched alkanes of at least 4 members (excludes halogenated alkanes) is 51. The third-order valence-corrected chi connectivity index (χ3v) is 20.4. The molecule has 5 atom stereocenters. The van der Waals surface area contributed by atoms with Crippen LogP contribution in [0.5, 0.6) is 0 Å². The lowest BCUT2D eigenvalue weighted by Gasteiger charge is -2.21. The minimum Gasteiger partial charge on any atom is -0.462 e. The number of rotatable bonds is 79. The van der Waals surface area contributed by atoms with E-state index in [0.717, 1.165) is 102 Å². The fourth-order valence-electron chi connectivity index (χ4n) is 12.2. The summed E-state index contributed by atoms with van der Waals surface area (Å²) in [6, 6.07) is 0. The smallest absolute Gasteiger partial charge is 0.462 e. The SMILES string of the molecule is CCCCCCCCCCCCCCCCCCCCC(=O)OC[C@H](COP(=O)(O)OC[C@@H](O)COP(=O)(O)OC[C@@H](COC(=O)CCCCCCC)OC(=O)CCCCCCCCCCCCCCCCC(C)C)OC(=O)CCCCCCCCCCCCCCCCCCCC. The zero-order valence-electron chi connectivity index (χ0n) is 63.9. The van der Waals surface area contributed by atoms with Crippen molar-refractivity contribution in [3.63, 3.8) is 0 Å². The molecule has 19 heteroatoms. The maximum atomic E-state index is 13.1. The van der Waals surface area contributed by atoms with Gasteiger partial charge in [-0.05, 0) is 31.6 Å². The van der Waals surface area contributed by atoms with Crippen molar-refractivity contribution in [3.8, 4) is 0 Å². The third-order valence-electron chi connectivity index (χ3n) is 18.5. The number of hydrogen-bond acceptors (Lipinski definition) is 15. The lowest BCUT2D eigenvalue weighted by Crippen LogP contribution is -2.30. The normalized spacial score (nSPS) is 13.9. The number of aliphatic hydroxyl groups is 1. The molecule has 0 saturated carbocycles. The van der Waals surface area contributed by atoms with Gasteiger partial charge >= 0.3 is 39.5 Å². The van der Waals surface area contributed by atoms with E-state index < -0.39 is 97.5 Å². The zero-order chi connectivity index (χ0) is 71.9. The minimum absolute atomic E-state index is 0.107. The molecule has 0 amide bonds. The van der Waals surface area contributed by atoms with Gasteiger partial charge in [0.25, 0.3) is 0 Å². The number of ether oxygens (including phenoxy) is 4. The molecular weight excluding hydrogens is 1280 g/mol. The number of phosphoric acid groups is 2. The molecule has 0 aliphatic carbocycles. The highest BCUT2D eigenvalue weighted by Gasteiger charge is 2.30. The Kier molecular flexibility index (Phi) is 70.6. The van der Waals surface area contributed by atoms with Gasteiger partial charge in [0.15, 0.2) is 12.2 Å². The van der Waals surface area contributed by atoms with Crippen LogP contribution >= 0.6 is 15.6 Å². The molecule has 0 aromatic rings. The Balaban J connectivity index is 5.12. The quantitative estimate of drug-likeness (QED) is 0.0222. The van der Waals surface area contributed by atoms with Gasteiger partial charge in [-0.15, -0.1) is 0 Å². The van der Waals surface area contributed by atoms with Crippen LogP contribution in [-0.2, 0) is 65.4 Å². The summed E-state index contributed by atoms with van der Waals surface area (Å²) in [6.45, 7) is 7.25. The highest BCUT2D eigenvalue weighted by atomic mass is 31.2. The maximum Gasteiger partial charge on any atom is 0.472 e. The van der Waals surface area contributed by atoms with Crippen LogP contribution in [0, 0.1) is 5.92 Å². The lowest BCUT2D eigenvalue weighted by molar-refractivity contribution is -0.161. The summed E-state index contributed by atoms with van der Waals surface area (Å²) >= 11 is 0. The van der Waals surface area contributed by atoms with Crippen LogP contribution in [0.15, 0.2) is 0 Å². The Morgan fingerprint density at radius 1 is 0.276 bits per heavy atom. The fraction of sp³-hybridized carbons (Fsp3) is 0.949. The second-order valence-corrected chi connectivity index (χ2v) is 31.8. The van der Waals surface area contributed by atoms with Crippen LogP contribution in [0.2, 0.25) is 0 Å². The van der Waals surface area contributed by atoms with Gasteiger partial charge in [0, 0.05) is 25.7 Å². The van der Waals surface area contributed by atoms with Crippen LogP contribution in [0.3, 0.4) is 0 Å². The topological polar surface area (TPSA) is 237 Å². The highest BCUT2D eigenvalue weighted by molar-refractivity contribution is 7.47. The van der Waals surface area contributed by atoms with E-state index >= 15 is 0 Å². The molecule has 0 bridgehead atoms. The van der Waals surface area contributed by atoms with Gasteiger partial charge in [-0.3, -0.25) is 37.3 Å². The standard InChI is InChI=1S/C79H154O17P2/c1-6-9-12-15-17-19-21-23-25-27-29-31-36-40-44-48-53-58-63-77(82)90-69-75(96-79(84)65-60-54-49-45-41-37-32-30-28-26-24-22-20-18-16-13-10-7-2)71-94-98(87,88)92-67-73(80)66-91-97(85,86)93-70-74(68-89-76(81)62-57-51-14-11-8-3)95-78(83)64-59-55-50-46-42-38-34-33-35-39-43-47-52-56-61-72(4)5/h72-75,80H,6-71H2,1-5H3,(H,85,86)(H,87,88)/t73-,74+,75+/m0/s1. The number of carbonyl (C=O) groups is 4. The summed E-state index contributed by atoms with van der Waals surface area (Å²) < 4.78 is 68.4. The first-order chi connectivity index (χ1) is 47.5. The predicted octanol–water partition coefficient (Wildman–Crippen LogP) is 23.6. The Bertz CT molecular complexity index is 1870. The van der Waals surface area contributed by atoms with Crippen molar-refractivity contribution in [3.05, 3.63) is 0 Å². The first kappa shape index (κ1) is 96.1. The molecule has 0 heterocycles. The van der Waals surface area contributed by atoms with E-state index in [9.17, 15) is 43.2 Å². The average molecular weight is 1440 g/mol. The summed E-state index contributed by atoms with van der Waals surface area (Å²) in [5, 5.41) is 10.6. The molecule has 582 valence electrons. The van der Waals surface area contributed by atoms with Crippen molar-refractivity contribution < 1.29 is 80.2 Å². The molecule has 0 rings (SSSR count). The number of phosphoric ester groups is 2. The Morgan fingerprint density at radius 3 is 0.694 bits per heavy atom. The first-order valence-electron chi connectivity index (χ1n) is 41.1. The van der Waals surface area contributed by atoms with E-state index in [1.165, 1.54) is 238 Å². The van der Waals surface area contributed by atoms with E-state index in [2.05, 4.69) is 34.6 Å². The molecule has 0 aliphatic rings. The van der Waals surface area contributed by atoms with Gasteiger partial charge in [-0.1, -0.05) is 369 Å². The summed E-state index contributed by atoms with van der Waals surface area (Å²) in [4.78, 5) is 72.7. The minimum atomic E-state index is -4.96. The number of esters is 4. The largest absolute Gasteiger partial charge is 0.472 e. The van der Waals surface area contributed by atoms with Gasteiger partial charge in [0.2, 0.25) is 0 Å². The van der Waals surface area contributed by atoms with E-state index in [0.29, 0.717) is 25.7 Å². The summed E-state index contributed by atoms with van der Waals surface area (Å²) in [6.07, 6.45) is 62.9. The van der Waals surface area contributed by atoms with Crippen molar-refractivity contribution in [2.75, 3.05) is 39.6 Å². The number of carbonyl (C=O) groups excluding carboxylic acids is 4. The van der Waals surface area contributed by atoms with Crippen molar-refractivity contribution in [2.24, 2.45) is 5.92 Å². The second kappa shape index (κ2) is 72.0. The first-order valence-corrected chi connectivity index (χ1v) is 44.1. The average Bonchev–Trinajstić information content (AvgIpc) is 1.02. The predicted molar refractivity (Wildman–Crippen MR) is 400 cm³/mol. The van der Waals surface area contributed by atoms with Crippen LogP contribution in [0.25, 0.3) is 0 Å². The number of aliphatic hydroxyl groups excluding tert-OH is 1. The van der Waals surface area contributed by atoms with Crippen molar-refractivity contribution >= 4 is 39.5 Å². The lowest BCUT2D eigenvalue weighted by atomic mass is 10.0. The Hall–Kier alpha value is -1.94. The van der Waals surface area contributed by atoms with E-state index in [1.54, 1.807) is 0 Å². The van der Waals surface area contributed by atoms with Crippen LogP contribution in [0.1, 0.15) is 420 Å². The van der Waals surface area contributed by atoms with Gasteiger partial charge in [-0.25, -0.2) is 9.13 Å². The van der Waals surface area contributed by atoms with Crippen molar-refractivity contribution in [1.29, 1.82) is 0 Å². The van der Waals surface area contributed by atoms with Gasteiger partial charge in [0.1, 0.15) is 19.3 Å². The molecule has 0 radical (unpaired) electrons. The molecule has 0 saturated heterocycles. The Morgan fingerprint density at radius 2 is 0.469 bits per heavy atom. The fourth-order valence-corrected chi connectivity index (χ4v) is 13.8.